The first kappa shape index (κ1) is 8.52. The van der Waals surface area contributed by atoms with Crippen molar-refractivity contribution in [3.8, 4) is 0 Å². The Balaban J connectivity index is 2.33. The Morgan fingerprint density at radius 2 is 2.00 bits per heavy atom. The molecule has 2 aliphatic rings. The van der Waals surface area contributed by atoms with Gasteiger partial charge in [0.15, 0.2) is 6.10 Å². The minimum Gasteiger partial charge on any atom is -0.535 e. The van der Waals surface area contributed by atoms with Crippen LogP contribution in [0.2, 0.25) is 0 Å². The summed E-state index contributed by atoms with van der Waals surface area (Å²) < 4.78 is 0. The lowest BCUT2D eigenvalue weighted by Gasteiger charge is -2.36. The van der Waals surface area contributed by atoms with E-state index in [1.807, 2.05) is 0 Å². The van der Waals surface area contributed by atoms with Crippen molar-refractivity contribution >= 4 is 0 Å². The standard InChI is InChI=1S/C10H18O2/c1-9(2)7-4-5-10(9,3)8(6-7)12-11/h7-8,12H,4-6H2,1-3H3. The molecule has 2 fully saturated rings. The van der Waals surface area contributed by atoms with Gasteiger partial charge >= 0.3 is 0 Å². The van der Waals surface area contributed by atoms with Crippen molar-refractivity contribution in [1.29, 1.82) is 0 Å². The van der Waals surface area contributed by atoms with Crippen LogP contribution in [0.25, 0.3) is 0 Å². The summed E-state index contributed by atoms with van der Waals surface area (Å²) in [7, 11) is 0. The van der Waals surface area contributed by atoms with Crippen LogP contribution in [-0.4, -0.2) is 11.0 Å². The second-order valence-electron chi connectivity index (χ2n) is 5.23. The predicted molar refractivity (Wildman–Crippen MR) is 45.2 cm³/mol. The van der Waals surface area contributed by atoms with Crippen LogP contribution in [0.3, 0.4) is 0 Å². The first-order valence-electron chi connectivity index (χ1n) is 4.85. The van der Waals surface area contributed by atoms with Crippen molar-refractivity contribution in [2.45, 2.75) is 46.1 Å². The van der Waals surface area contributed by atoms with Crippen LogP contribution in [0.15, 0.2) is 0 Å². The van der Waals surface area contributed by atoms with Crippen LogP contribution in [0.5, 0.6) is 0 Å². The summed E-state index contributed by atoms with van der Waals surface area (Å²) in [6.45, 7) is 6.84. The van der Waals surface area contributed by atoms with Gasteiger partial charge in [-0.1, -0.05) is 20.8 Å². The number of aliphatic hydroxyl groups is 1. The molecular formula is C10H18O2. The summed E-state index contributed by atoms with van der Waals surface area (Å²) in [5.41, 5.74) is 0.533. The highest BCUT2D eigenvalue weighted by Crippen LogP contribution is 2.65. The van der Waals surface area contributed by atoms with Crippen molar-refractivity contribution in [2.24, 2.45) is 16.7 Å². The molecule has 12 heavy (non-hydrogen) atoms. The summed E-state index contributed by atoms with van der Waals surface area (Å²) in [6.07, 6.45) is 3.62. The van der Waals surface area contributed by atoms with Crippen molar-refractivity contribution < 1.29 is 10.1 Å². The van der Waals surface area contributed by atoms with E-state index in [0.29, 0.717) is 5.41 Å². The van der Waals surface area contributed by atoms with Gasteiger partial charge in [0.05, 0.1) is 0 Å². The van der Waals surface area contributed by atoms with Crippen molar-refractivity contribution in [1.82, 2.24) is 0 Å². The molecule has 0 radical (unpaired) electrons. The fourth-order valence-electron chi connectivity index (χ4n) is 3.32. The first-order chi connectivity index (χ1) is 5.52. The number of hydrogen-bond donors (Lipinski definition) is 0. The van der Waals surface area contributed by atoms with E-state index in [2.05, 4.69) is 25.7 Å². The molecule has 0 aromatic rings. The van der Waals surface area contributed by atoms with Crippen molar-refractivity contribution in [3.05, 3.63) is 0 Å². The van der Waals surface area contributed by atoms with Crippen LogP contribution >= 0.6 is 0 Å². The van der Waals surface area contributed by atoms with Gasteiger partial charge in [-0.05, 0) is 24.2 Å². The molecule has 0 spiro atoms. The minimum atomic E-state index is 0.0891. The van der Waals surface area contributed by atoms with Gasteiger partial charge in [0.2, 0.25) is 0 Å². The van der Waals surface area contributed by atoms with Crippen molar-refractivity contribution in [3.63, 3.8) is 0 Å². The molecule has 0 amide bonds. The van der Waals surface area contributed by atoms with Gasteiger partial charge in [-0.15, -0.1) is 0 Å². The predicted octanol–water partition coefficient (Wildman–Crippen LogP) is 1.00. The SMILES string of the molecule is CC1(C)C2CCC1(C)C([OH+][O-])C2. The third-order valence-corrected chi connectivity index (χ3v) is 4.88. The van der Waals surface area contributed by atoms with Crippen LogP contribution in [-0.2, 0) is 0 Å². The highest BCUT2D eigenvalue weighted by molar-refractivity contribution is 5.10. The van der Waals surface area contributed by atoms with Gasteiger partial charge < -0.3 is 10.1 Å². The zero-order chi connectivity index (χ0) is 8.98. The van der Waals surface area contributed by atoms with E-state index in [-0.39, 0.29) is 11.5 Å². The quantitative estimate of drug-likeness (QED) is 0.328. The molecule has 2 aliphatic carbocycles. The Labute approximate surface area is 73.8 Å². The van der Waals surface area contributed by atoms with Gasteiger partial charge in [-0.3, -0.25) is 0 Å². The van der Waals surface area contributed by atoms with E-state index in [1.165, 1.54) is 12.8 Å². The molecule has 0 aromatic heterocycles. The molecule has 1 N–H and O–H groups in total. The first-order valence-corrected chi connectivity index (χ1v) is 4.85. The Morgan fingerprint density at radius 1 is 1.33 bits per heavy atom. The summed E-state index contributed by atoms with van der Waals surface area (Å²) in [4.78, 5) is 3.29. The maximum atomic E-state index is 10.6. The maximum Gasteiger partial charge on any atom is 0.166 e. The Kier molecular flexibility index (Phi) is 1.59. The molecule has 2 nitrogen and oxygen atoms in total. The van der Waals surface area contributed by atoms with Gasteiger partial charge in [-0.2, -0.15) is 0 Å². The summed E-state index contributed by atoms with van der Waals surface area (Å²) in [5, 5.41) is 10.6. The van der Waals surface area contributed by atoms with Crippen LogP contribution < -0.4 is 5.26 Å². The lowest BCUT2D eigenvalue weighted by Crippen LogP contribution is -2.41. The molecule has 0 aromatic carbocycles. The largest absolute Gasteiger partial charge is 0.535 e. The molecule has 0 heterocycles. The minimum absolute atomic E-state index is 0.0891. The van der Waals surface area contributed by atoms with Crippen LogP contribution in [0.1, 0.15) is 40.0 Å². The van der Waals surface area contributed by atoms with Gasteiger partial charge in [0.25, 0.3) is 0 Å². The second-order valence-corrected chi connectivity index (χ2v) is 5.23. The smallest absolute Gasteiger partial charge is 0.166 e. The summed E-state index contributed by atoms with van der Waals surface area (Å²) in [5.74, 6) is 0.741. The van der Waals surface area contributed by atoms with Crippen LogP contribution in [0, 0.1) is 16.7 Å². The molecule has 2 heteroatoms. The molecule has 2 rings (SSSR count). The van der Waals surface area contributed by atoms with Crippen LogP contribution in [0.4, 0.5) is 0 Å². The fraction of sp³-hybridized carbons (Fsp3) is 1.00. The van der Waals surface area contributed by atoms with E-state index in [9.17, 15) is 5.26 Å². The van der Waals surface area contributed by atoms with Gasteiger partial charge in [-0.25, -0.2) is 0 Å². The fourth-order valence-corrected chi connectivity index (χ4v) is 3.32. The van der Waals surface area contributed by atoms with Gasteiger partial charge in [0.1, 0.15) is 0 Å². The zero-order valence-electron chi connectivity index (χ0n) is 8.13. The summed E-state index contributed by atoms with van der Waals surface area (Å²) in [6, 6.07) is 0. The normalized spacial score (nSPS) is 50.0. The number of fused-ring (bicyclic) bond motifs is 2. The molecule has 3 atom stereocenters. The molecule has 3 unspecified atom stereocenters. The monoisotopic (exact) mass is 170 g/mol. The maximum absolute atomic E-state index is 10.6. The topological polar surface area (TPSA) is 35.9 Å². The zero-order valence-corrected chi connectivity index (χ0v) is 8.13. The lowest BCUT2D eigenvalue weighted by atomic mass is 9.70. The molecule has 2 bridgehead atoms. The molecule has 0 saturated heterocycles. The number of rotatable bonds is 1. The third kappa shape index (κ3) is 0.728. The van der Waals surface area contributed by atoms with E-state index < -0.39 is 0 Å². The molecule has 70 valence electrons. The Morgan fingerprint density at radius 3 is 2.25 bits per heavy atom. The van der Waals surface area contributed by atoms with E-state index in [4.69, 9.17) is 0 Å². The molecule has 0 aliphatic heterocycles. The highest BCUT2D eigenvalue weighted by atomic mass is 17.1. The Hall–Kier alpha value is -0.0800. The average molecular weight is 170 g/mol. The number of hydrogen-bond acceptors (Lipinski definition) is 1. The highest BCUT2D eigenvalue weighted by Gasteiger charge is 2.64. The van der Waals surface area contributed by atoms with E-state index >= 15 is 0 Å². The Bertz CT molecular complexity index is 200. The molecule has 2 saturated carbocycles. The van der Waals surface area contributed by atoms with Gasteiger partial charge in [0, 0.05) is 11.8 Å². The van der Waals surface area contributed by atoms with Crippen molar-refractivity contribution in [2.75, 3.05) is 0 Å². The molecular weight excluding hydrogens is 152 g/mol. The van der Waals surface area contributed by atoms with E-state index in [0.717, 1.165) is 12.3 Å². The lowest BCUT2D eigenvalue weighted by molar-refractivity contribution is -0.795. The third-order valence-electron chi connectivity index (χ3n) is 4.88. The summed E-state index contributed by atoms with van der Waals surface area (Å²) >= 11 is 0. The second kappa shape index (κ2) is 2.24. The average Bonchev–Trinajstić information content (AvgIpc) is 2.34. The van der Waals surface area contributed by atoms with E-state index in [1.54, 1.807) is 0 Å².